The van der Waals surface area contributed by atoms with Crippen molar-refractivity contribution in [3.8, 4) is 0 Å². The molecule has 0 aliphatic rings. The van der Waals surface area contributed by atoms with Gasteiger partial charge in [-0.1, -0.05) is 96.3 Å². The molecule has 0 saturated carbocycles. The highest BCUT2D eigenvalue weighted by molar-refractivity contribution is 7.51. The number of nitrogens with zero attached hydrogens (tertiary/aromatic N) is 4. The summed E-state index contributed by atoms with van der Waals surface area (Å²) >= 11 is 0. The van der Waals surface area contributed by atoms with Crippen LogP contribution in [0.25, 0.3) is 11.2 Å². The van der Waals surface area contributed by atoms with Crippen molar-refractivity contribution in [2.24, 2.45) is 0 Å². The third-order valence-corrected chi connectivity index (χ3v) is 8.33. The van der Waals surface area contributed by atoms with E-state index in [1.165, 1.54) is 57.7 Å². The van der Waals surface area contributed by atoms with E-state index in [4.69, 9.17) is 15.0 Å². The molecule has 0 radical (unpaired) electrons. The Balaban J connectivity index is 0.00000924. The Hall–Kier alpha value is -1.79. The van der Waals surface area contributed by atoms with Crippen LogP contribution >= 0.6 is 7.60 Å². The first-order valence-corrected chi connectivity index (χ1v) is 17.3. The third-order valence-electron chi connectivity index (χ3n) is 7.29. The fraction of sp³-hybridized carbons (Fsp3) is 0.828. The Morgan fingerprint density at radius 3 is 1.86 bits per heavy atom. The molecule has 14 heteroatoms. The number of nitrogen functional groups attached to an aromatic ring is 1. The van der Waals surface area contributed by atoms with Gasteiger partial charge in [0.15, 0.2) is 19.1 Å². The number of fused-ring (bicyclic) bond motifs is 1. The number of hydrogen-bond acceptors (Lipinski definition) is 8. The number of unbranched alkanes of at least 4 members (excludes halogenated alkanes) is 16. The van der Waals surface area contributed by atoms with Crippen molar-refractivity contribution in [1.29, 1.82) is 0 Å². The minimum absolute atomic E-state index is 0. The molecule has 6 N–H and O–H groups in total. The molecule has 0 aliphatic heterocycles. The summed E-state index contributed by atoms with van der Waals surface area (Å²) in [6, 6.07) is 0. The molecule has 250 valence electrons. The molecule has 2 rings (SSSR count). The number of halogens is 3. The topological polar surface area (TPSA) is 165 Å². The van der Waals surface area contributed by atoms with Crippen LogP contribution in [0.4, 0.5) is 19.0 Å². The van der Waals surface area contributed by atoms with Gasteiger partial charge in [-0.2, -0.15) is 13.2 Å². The van der Waals surface area contributed by atoms with Gasteiger partial charge in [0.2, 0.25) is 0 Å². The second kappa shape index (κ2) is 21.8. The van der Waals surface area contributed by atoms with Crippen LogP contribution in [0.5, 0.6) is 0 Å². The van der Waals surface area contributed by atoms with E-state index in [-0.39, 0.29) is 19.2 Å². The summed E-state index contributed by atoms with van der Waals surface area (Å²) in [4.78, 5) is 24.5. The number of nitrogens with two attached hydrogens (primary N) is 1. The first-order chi connectivity index (χ1) is 20.1. The lowest BCUT2D eigenvalue weighted by Crippen LogP contribution is -2.20. The SMILES string of the molecule is C[C@H](Cn1cnc2c(N)ncnc21)OCP(=O)([O-])OCCCCCCCCCCCCCCCCCCCC(F)(F)F.[NH4+]. The summed E-state index contributed by atoms with van der Waals surface area (Å²) in [6.45, 7) is 2.32. The summed E-state index contributed by atoms with van der Waals surface area (Å²) < 4.78 is 60.8. The number of anilines is 1. The van der Waals surface area contributed by atoms with Gasteiger partial charge in [0, 0.05) is 6.42 Å². The summed E-state index contributed by atoms with van der Waals surface area (Å²) in [5.41, 5.74) is 6.86. The van der Waals surface area contributed by atoms with Crippen molar-refractivity contribution in [3.05, 3.63) is 12.7 Å². The summed E-state index contributed by atoms with van der Waals surface area (Å²) in [6.07, 6.45) is 15.2. The molecule has 0 fully saturated rings. The van der Waals surface area contributed by atoms with Crippen LogP contribution in [0.1, 0.15) is 122 Å². The largest absolute Gasteiger partial charge is 0.777 e. The Kier molecular flexibility index (Phi) is 19.9. The molecule has 0 amide bonds. The number of ether oxygens (including phenoxy) is 1. The van der Waals surface area contributed by atoms with Gasteiger partial charge < -0.3 is 35.2 Å². The quantitative estimate of drug-likeness (QED) is 0.0809. The maximum absolute atomic E-state index is 12.2. The van der Waals surface area contributed by atoms with Crippen molar-refractivity contribution in [2.45, 2.75) is 141 Å². The molecule has 0 bridgehead atoms. The van der Waals surface area contributed by atoms with Gasteiger partial charge in [-0.15, -0.1) is 0 Å². The minimum Gasteiger partial charge on any atom is -0.777 e. The van der Waals surface area contributed by atoms with E-state index in [1.54, 1.807) is 17.8 Å². The summed E-state index contributed by atoms with van der Waals surface area (Å²) in [7, 11) is -4.07. The van der Waals surface area contributed by atoms with E-state index < -0.39 is 32.6 Å². The second-order valence-corrected chi connectivity index (χ2v) is 13.0. The summed E-state index contributed by atoms with van der Waals surface area (Å²) in [5, 5.41) is 0. The van der Waals surface area contributed by atoms with Crippen LogP contribution in [0.2, 0.25) is 0 Å². The van der Waals surface area contributed by atoms with E-state index >= 15 is 0 Å². The average molecular weight is 639 g/mol. The molecule has 2 atom stereocenters. The number of hydrogen-bond donors (Lipinski definition) is 2. The highest BCUT2D eigenvalue weighted by Gasteiger charge is 2.25. The molecule has 2 heterocycles. The molecule has 2 aromatic rings. The van der Waals surface area contributed by atoms with Gasteiger partial charge in [0.05, 0.1) is 25.6 Å². The first kappa shape index (κ1) is 39.2. The summed E-state index contributed by atoms with van der Waals surface area (Å²) in [5.74, 6) is 0.291. The molecule has 1 unspecified atom stereocenters. The van der Waals surface area contributed by atoms with Crippen molar-refractivity contribution in [1.82, 2.24) is 25.7 Å². The second-order valence-electron chi connectivity index (χ2n) is 11.3. The van der Waals surface area contributed by atoms with Crippen molar-refractivity contribution < 1.29 is 31.9 Å². The van der Waals surface area contributed by atoms with E-state index in [1.807, 2.05) is 0 Å². The number of quaternary nitrogens is 1. The van der Waals surface area contributed by atoms with Gasteiger partial charge in [-0.25, -0.2) is 15.0 Å². The normalized spacial score (nSPS) is 14.1. The molecular weight excluding hydrogens is 584 g/mol. The zero-order chi connectivity index (χ0) is 30.7. The molecule has 0 aliphatic carbocycles. The van der Waals surface area contributed by atoms with Crippen LogP contribution in [-0.4, -0.2) is 44.8 Å². The number of alkyl halides is 3. The average Bonchev–Trinajstić information content (AvgIpc) is 3.34. The van der Waals surface area contributed by atoms with E-state index in [2.05, 4.69) is 15.0 Å². The maximum atomic E-state index is 12.2. The van der Waals surface area contributed by atoms with Crippen LogP contribution < -0.4 is 16.8 Å². The van der Waals surface area contributed by atoms with Crippen LogP contribution in [0.15, 0.2) is 12.7 Å². The van der Waals surface area contributed by atoms with Gasteiger partial charge in [0.25, 0.3) is 0 Å². The van der Waals surface area contributed by atoms with Crippen LogP contribution in [0.3, 0.4) is 0 Å². The number of rotatable bonds is 25. The van der Waals surface area contributed by atoms with Gasteiger partial charge in [0.1, 0.15) is 18.2 Å². The van der Waals surface area contributed by atoms with E-state index in [9.17, 15) is 22.6 Å². The maximum Gasteiger partial charge on any atom is 0.389 e. The van der Waals surface area contributed by atoms with E-state index in [0.717, 1.165) is 38.5 Å². The van der Waals surface area contributed by atoms with Gasteiger partial charge in [-0.3, -0.25) is 0 Å². The zero-order valence-electron chi connectivity index (χ0n) is 26.2. The molecule has 2 aromatic heterocycles. The van der Waals surface area contributed by atoms with Gasteiger partial charge in [-0.05, 0) is 19.8 Å². The Morgan fingerprint density at radius 1 is 0.860 bits per heavy atom. The highest BCUT2D eigenvalue weighted by Crippen LogP contribution is 2.37. The Morgan fingerprint density at radius 2 is 1.35 bits per heavy atom. The molecule has 0 spiro atoms. The van der Waals surface area contributed by atoms with E-state index in [0.29, 0.717) is 36.4 Å². The highest BCUT2D eigenvalue weighted by atomic mass is 31.2. The van der Waals surface area contributed by atoms with Crippen molar-refractivity contribution in [2.75, 3.05) is 18.7 Å². The molecule has 43 heavy (non-hydrogen) atoms. The standard InChI is InChI=1S/C29H51F3N5O4P.H3N/c1-25(21-37-23-36-26-27(33)34-22-35-28(26)37)40-24-42(38,39)41-20-18-16-14-12-10-8-6-4-2-3-5-7-9-11-13-15-17-19-29(30,31)32;/h22-23,25H,2-21,24H2,1H3,(H,38,39)(H2,33,34,35);1H3/t25-;/m1./s1. The molecule has 0 saturated heterocycles. The Labute approximate surface area is 254 Å². The molecular formula is C29H54F3N6O4P. The lowest BCUT2D eigenvalue weighted by atomic mass is 10.0. The number of imidazole rings is 1. The van der Waals surface area contributed by atoms with Crippen molar-refractivity contribution in [3.63, 3.8) is 0 Å². The van der Waals surface area contributed by atoms with Crippen LogP contribution in [-0.2, 0) is 20.4 Å². The Bertz CT molecular complexity index is 1040. The fourth-order valence-electron chi connectivity index (χ4n) is 4.90. The van der Waals surface area contributed by atoms with Crippen LogP contribution in [0, 0.1) is 0 Å². The predicted molar refractivity (Wildman–Crippen MR) is 164 cm³/mol. The lowest BCUT2D eigenvalue weighted by Gasteiger charge is -2.25. The zero-order valence-corrected chi connectivity index (χ0v) is 27.1. The molecule has 0 aromatic carbocycles. The van der Waals surface area contributed by atoms with Gasteiger partial charge >= 0.3 is 6.18 Å². The number of aromatic nitrogens is 4. The predicted octanol–water partition coefficient (Wildman–Crippen LogP) is 8.30. The fourth-order valence-corrected chi connectivity index (χ4v) is 5.82. The smallest absolute Gasteiger partial charge is 0.389 e. The lowest BCUT2D eigenvalue weighted by molar-refractivity contribution is -0.205. The third kappa shape index (κ3) is 18.6. The minimum atomic E-state index is -4.07. The molecule has 10 nitrogen and oxygen atoms in total. The first-order valence-electron chi connectivity index (χ1n) is 15.6. The van der Waals surface area contributed by atoms with Crippen molar-refractivity contribution >= 4 is 24.6 Å². The monoisotopic (exact) mass is 638 g/mol.